The third-order valence-corrected chi connectivity index (χ3v) is 4.25. The van der Waals surface area contributed by atoms with Gasteiger partial charge in [0.2, 0.25) is 5.03 Å². The van der Waals surface area contributed by atoms with Crippen molar-refractivity contribution in [1.82, 2.24) is 19.7 Å². The van der Waals surface area contributed by atoms with E-state index in [9.17, 15) is 8.42 Å². The maximum absolute atomic E-state index is 11.8. The first-order valence-corrected chi connectivity index (χ1v) is 7.48. The van der Waals surface area contributed by atoms with Crippen LogP contribution in [0.2, 0.25) is 0 Å². The number of hydrogen-bond acceptors (Lipinski definition) is 5. The Kier molecular flexibility index (Phi) is 5.80. The summed E-state index contributed by atoms with van der Waals surface area (Å²) in [6.45, 7) is 0.811. The van der Waals surface area contributed by atoms with Gasteiger partial charge in [-0.25, -0.2) is 17.8 Å². The lowest BCUT2D eigenvalue weighted by molar-refractivity contribution is 0.155. The fourth-order valence-electron chi connectivity index (χ4n) is 1.08. The molecule has 1 aromatic rings. The number of rotatable bonds is 7. The summed E-state index contributed by atoms with van der Waals surface area (Å²) in [5.41, 5.74) is 0. The number of hydrogen-bond donors (Lipinski definition) is 1. The van der Waals surface area contributed by atoms with Gasteiger partial charge in [-0.15, -0.1) is 16.7 Å². The van der Waals surface area contributed by atoms with Gasteiger partial charge in [0.15, 0.2) is 4.60 Å². The van der Waals surface area contributed by atoms with Crippen LogP contribution in [-0.2, 0) is 21.8 Å². The summed E-state index contributed by atoms with van der Waals surface area (Å²) in [6, 6.07) is 0. The van der Waals surface area contributed by atoms with E-state index < -0.39 is 10.0 Å². The molecule has 1 rings (SSSR count). The van der Waals surface area contributed by atoms with Crippen LogP contribution in [0, 0.1) is 0 Å². The van der Waals surface area contributed by atoms with Gasteiger partial charge in [-0.2, -0.15) is 0 Å². The summed E-state index contributed by atoms with van der Waals surface area (Å²) in [5, 5.41) is 7.18. The van der Waals surface area contributed by atoms with E-state index in [-0.39, 0.29) is 22.8 Å². The largest absolute Gasteiger partial charge is 0.379 e. The smallest absolute Gasteiger partial charge is 0.260 e. The highest BCUT2D eigenvalue weighted by molar-refractivity contribution is 9.10. The van der Waals surface area contributed by atoms with Crippen LogP contribution in [0.5, 0.6) is 0 Å². The molecule has 0 aliphatic carbocycles. The van der Waals surface area contributed by atoms with E-state index in [1.54, 1.807) is 0 Å². The molecule has 1 aromatic heterocycles. The molecule has 0 aromatic carbocycles. The van der Waals surface area contributed by atoms with Crippen molar-refractivity contribution in [2.24, 2.45) is 7.05 Å². The molecule has 1 N–H and O–H groups in total. The molecule has 0 unspecified atom stereocenters. The first-order valence-electron chi connectivity index (χ1n) is 4.67. The monoisotopic (exact) mass is 346 g/mol. The minimum Gasteiger partial charge on any atom is -0.379 e. The Balaban J connectivity index is 2.58. The second-order valence-electron chi connectivity index (χ2n) is 3.01. The molecule has 1 heterocycles. The Bertz CT molecular complexity index is 444. The second-order valence-corrected chi connectivity index (χ2v) is 5.82. The summed E-state index contributed by atoms with van der Waals surface area (Å²) in [4.78, 5) is 0. The molecule has 98 valence electrons. The highest BCUT2D eigenvalue weighted by Crippen LogP contribution is 2.17. The molecule has 0 bridgehead atoms. The average molecular weight is 348 g/mol. The summed E-state index contributed by atoms with van der Waals surface area (Å²) >= 11 is 8.43. The molecule has 0 aliphatic rings. The van der Waals surface area contributed by atoms with Crippen LogP contribution < -0.4 is 4.72 Å². The Morgan fingerprint density at radius 1 is 1.53 bits per heavy atom. The van der Waals surface area contributed by atoms with Crippen molar-refractivity contribution in [3.05, 3.63) is 4.60 Å². The molecule has 0 amide bonds. The number of sulfonamides is 1. The van der Waals surface area contributed by atoms with Gasteiger partial charge in [-0.05, 0) is 15.9 Å². The van der Waals surface area contributed by atoms with Crippen LogP contribution in [0.4, 0.5) is 0 Å². The lowest BCUT2D eigenvalue weighted by Gasteiger charge is -2.06. The zero-order valence-electron chi connectivity index (χ0n) is 9.06. The van der Waals surface area contributed by atoms with Gasteiger partial charge >= 0.3 is 0 Å². The van der Waals surface area contributed by atoms with Crippen LogP contribution in [0.15, 0.2) is 9.63 Å². The number of aryl methyl sites for hydroxylation is 1. The quantitative estimate of drug-likeness (QED) is 0.559. The van der Waals surface area contributed by atoms with E-state index in [2.05, 4.69) is 31.0 Å². The first kappa shape index (κ1) is 14.8. The Hall–Kier alpha value is -0.220. The molecule has 0 saturated carbocycles. The zero-order valence-corrected chi connectivity index (χ0v) is 12.2. The van der Waals surface area contributed by atoms with Crippen LogP contribution >= 0.6 is 27.5 Å². The maximum atomic E-state index is 11.8. The van der Waals surface area contributed by atoms with Crippen molar-refractivity contribution in [2.75, 3.05) is 25.6 Å². The van der Waals surface area contributed by atoms with Gasteiger partial charge < -0.3 is 4.74 Å². The number of alkyl halides is 1. The SMILES string of the molecule is Cn1nnc(Br)c1S(=O)(=O)NCCOCCCl. The summed E-state index contributed by atoms with van der Waals surface area (Å²) < 4.78 is 32.5. The van der Waals surface area contributed by atoms with E-state index in [1.807, 2.05) is 0 Å². The molecule has 0 spiro atoms. The van der Waals surface area contributed by atoms with Crippen molar-refractivity contribution >= 4 is 37.6 Å². The normalized spacial score (nSPS) is 11.9. The lowest BCUT2D eigenvalue weighted by Crippen LogP contribution is -2.29. The number of nitrogens with zero attached hydrogens (tertiary/aromatic N) is 3. The van der Waals surface area contributed by atoms with E-state index in [4.69, 9.17) is 16.3 Å². The molecule has 0 radical (unpaired) electrons. The molecule has 10 heteroatoms. The van der Waals surface area contributed by atoms with Crippen molar-refractivity contribution < 1.29 is 13.2 Å². The highest BCUT2D eigenvalue weighted by atomic mass is 79.9. The predicted octanol–water partition coefficient (Wildman–Crippen LogP) is 0.111. The van der Waals surface area contributed by atoms with Crippen molar-refractivity contribution in [2.45, 2.75) is 5.03 Å². The standard InChI is InChI=1S/C7H12BrClN4O3S/c1-13-7(6(8)11-12-13)17(14,15)10-3-5-16-4-2-9/h10H,2-5H2,1H3. The van der Waals surface area contributed by atoms with Gasteiger partial charge in [0.25, 0.3) is 10.0 Å². The maximum Gasteiger partial charge on any atom is 0.260 e. The van der Waals surface area contributed by atoms with Crippen molar-refractivity contribution in [1.29, 1.82) is 0 Å². The predicted molar refractivity (Wildman–Crippen MR) is 65.4 cm³/mol. The molecule has 0 saturated heterocycles. The zero-order chi connectivity index (χ0) is 12.9. The molecular weight excluding hydrogens is 336 g/mol. The van der Waals surface area contributed by atoms with E-state index in [0.717, 1.165) is 0 Å². The number of nitrogens with one attached hydrogen (secondary N) is 1. The van der Waals surface area contributed by atoms with E-state index in [0.29, 0.717) is 12.5 Å². The first-order chi connectivity index (χ1) is 7.99. The van der Waals surface area contributed by atoms with Crippen LogP contribution in [0.25, 0.3) is 0 Å². The second kappa shape index (κ2) is 6.64. The molecular formula is C7H12BrClN4O3S. The Labute approximate surface area is 113 Å². The minimum atomic E-state index is -3.64. The molecule has 17 heavy (non-hydrogen) atoms. The minimum absolute atomic E-state index is 0.0187. The van der Waals surface area contributed by atoms with Gasteiger partial charge in [-0.3, -0.25) is 0 Å². The van der Waals surface area contributed by atoms with E-state index in [1.165, 1.54) is 11.7 Å². The van der Waals surface area contributed by atoms with Gasteiger partial charge in [0.05, 0.1) is 13.2 Å². The molecule has 0 atom stereocenters. The molecule has 0 aliphatic heterocycles. The Morgan fingerprint density at radius 3 is 2.76 bits per heavy atom. The van der Waals surface area contributed by atoms with Crippen LogP contribution in [0.1, 0.15) is 0 Å². The number of halogens is 2. The Morgan fingerprint density at radius 2 is 2.24 bits per heavy atom. The third-order valence-electron chi connectivity index (χ3n) is 1.75. The topological polar surface area (TPSA) is 86.1 Å². The summed E-state index contributed by atoms with van der Waals surface area (Å²) in [5.74, 6) is 0.379. The van der Waals surface area contributed by atoms with Gasteiger partial charge in [0.1, 0.15) is 0 Å². The van der Waals surface area contributed by atoms with Gasteiger partial charge in [0, 0.05) is 19.5 Å². The van der Waals surface area contributed by atoms with Crippen LogP contribution in [0.3, 0.4) is 0 Å². The lowest BCUT2D eigenvalue weighted by atomic mass is 10.7. The summed E-state index contributed by atoms with van der Waals surface area (Å²) in [6.07, 6.45) is 0. The number of aromatic nitrogens is 3. The number of ether oxygens (including phenoxy) is 1. The van der Waals surface area contributed by atoms with Gasteiger partial charge in [-0.1, -0.05) is 5.21 Å². The molecule has 0 fully saturated rings. The van der Waals surface area contributed by atoms with Crippen molar-refractivity contribution in [3.8, 4) is 0 Å². The molecule has 7 nitrogen and oxygen atoms in total. The third kappa shape index (κ3) is 4.18. The van der Waals surface area contributed by atoms with E-state index >= 15 is 0 Å². The summed E-state index contributed by atoms with van der Waals surface area (Å²) in [7, 11) is -2.14. The fourth-order valence-corrected chi connectivity index (χ4v) is 3.29. The van der Waals surface area contributed by atoms with Crippen LogP contribution in [-0.4, -0.2) is 49.1 Å². The fraction of sp³-hybridized carbons (Fsp3) is 0.714. The average Bonchev–Trinajstić information content (AvgIpc) is 2.58. The highest BCUT2D eigenvalue weighted by Gasteiger charge is 2.23. The van der Waals surface area contributed by atoms with Crippen molar-refractivity contribution in [3.63, 3.8) is 0 Å².